The van der Waals surface area contributed by atoms with Crippen LogP contribution in [0.4, 0.5) is 0 Å². The molecule has 0 aromatic heterocycles. The number of sulfone groups is 1. The van der Waals surface area contributed by atoms with Gasteiger partial charge in [-0.15, -0.1) is 0 Å². The maximum atomic E-state index is 11.6. The van der Waals surface area contributed by atoms with Crippen molar-refractivity contribution >= 4 is 9.84 Å². The minimum Gasteiger partial charge on any atom is -0.491 e. The van der Waals surface area contributed by atoms with Crippen molar-refractivity contribution in [3.05, 3.63) is 41.9 Å². The molecule has 1 heterocycles. The molecule has 0 aliphatic carbocycles. The molecule has 4 nitrogen and oxygen atoms in total. The topological polar surface area (TPSA) is 52.6 Å². The fraction of sp³-hybridized carbons (Fsp3) is 0.556. The van der Waals surface area contributed by atoms with Gasteiger partial charge in [-0.25, -0.2) is 8.42 Å². The van der Waals surface area contributed by atoms with Crippen LogP contribution in [0, 0.1) is 0 Å². The molecule has 0 amide bonds. The summed E-state index contributed by atoms with van der Waals surface area (Å²) in [5.41, 5.74) is 0.642. The third kappa shape index (κ3) is 3.89. The van der Waals surface area contributed by atoms with E-state index in [1.807, 2.05) is 26.0 Å². The number of rotatable bonds is 6. The van der Waals surface area contributed by atoms with Crippen LogP contribution >= 0.6 is 0 Å². The lowest BCUT2D eigenvalue weighted by atomic mass is 9.80. The van der Waals surface area contributed by atoms with Crippen molar-refractivity contribution in [2.75, 3.05) is 6.26 Å². The molecule has 23 heavy (non-hydrogen) atoms. The van der Waals surface area contributed by atoms with Gasteiger partial charge >= 0.3 is 0 Å². The number of ether oxygens (including phenoxy) is 2. The molecule has 0 bridgehead atoms. The summed E-state index contributed by atoms with van der Waals surface area (Å²) < 4.78 is 35.2. The Kier molecular flexibility index (Phi) is 5.09. The maximum Gasteiger partial charge on any atom is 0.175 e. The Labute approximate surface area is 139 Å². The van der Waals surface area contributed by atoms with E-state index in [1.54, 1.807) is 18.4 Å². The van der Waals surface area contributed by atoms with E-state index in [4.69, 9.17) is 9.47 Å². The van der Waals surface area contributed by atoms with Crippen LogP contribution in [0.3, 0.4) is 0 Å². The zero-order chi connectivity index (χ0) is 17.3. The molecule has 1 aromatic rings. The second-order valence-corrected chi connectivity index (χ2v) is 8.66. The largest absolute Gasteiger partial charge is 0.491 e. The predicted molar refractivity (Wildman–Crippen MR) is 91.0 cm³/mol. The Balaban J connectivity index is 2.39. The normalized spacial score (nSPS) is 24.4. The quantitative estimate of drug-likeness (QED) is 0.786. The highest BCUT2D eigenvalue weighted by Gasteiger charge is 2.44. The van der Waals surface area contributed by atoms with Gasteiger partial charge in [0.25, 0.3) is 0 Å². The summed E-state index contributed by atoms with van der Waals surface area (Å²) in [5.74, 6) is 0.779. The van der Waals surface area contributed by atoms with Crippen LogP contribution in [-0.2, 0) is 19.3 Å². The van der Waals surface area contributed by atoms with Gasteiger partial charge in [0.05, 0.1) is 16.9 Å². The minimum atomic E-state index is -3.19. The minimum absolute atomic E-state index is 0.0292. The number of hydrogen-bond acceptors (Lipinski definition) is 4. The first-order chi connectivity index (χ1) is 10.7. The van der Waals surface area contributed by atoms with Gasteiger partial charge in [-0.1, -0.05) is 25.5 Å². The lowest BCUT2D eigenvalue weighted by Crippen LogP contribution is -2.32. The summed E-state index contributed by atoms with van der Waals surface area (Å²) in [4.78, 5) is 0.327. The van der Waals surface area contributed by atoms with Crippen molar-refractivity contribution in [3.8, 4) is 0 Å². The Bertz CT molecular complexity index is 673. The second kappa shape index (κ2) is 6.56. The highest BCUT2D eigenvalue weighted by molar-refractivity contribution is 7.90. The van der Waals surface area contributed by atoms with Crippen molar-refractivity contribution in [2.45, 2.75) is 63.1 Å². The van der Waals surface area contributed by atoms with Crippen LogP contribution in [0.2, 0.25) is 0 Å². The highest BCUT2D eigenvalue weighted by Crippen LogP contribution is 2.46. The Hall–Kier alpha value is -1.49. The standard InChI is InChI=1S/C18H26O4S/c1-6-11-18(4)17(16(12-21-18)22-13(2)3)14-7-9-15(10-8-14)23(5,19)20/h7-10,12-13,17H,6,11H2,1-5H3. The zero-order valence-electron chi connectivity index (χ0n) is 14.5. The average Bonchev–Trinajstić information content (AvgIpc) is 2.74. The molecule has 0 saturated carbocycles. The summed E-state index contributed by atoms with van der Waals surface area (Å²) in [5, 5.41) is 0. The lowest BCUT2D eigenvalue weighted by Gasteiger charge is -2.32. The fourth-order valence-corrected chi connectivity index (χ4v) is 3.75. The summed E-state index contributed by atoms with van der Waals surface area (Å²) in [6.45, 7) is 8.18. The van der Waals surface area contributed by atoms with Crippen molar-refractivity contribution in [1.29, 1.82) is 0 Å². The fourth-order valence-electron chi connectivity index (χ4n) is 3.12. The number of benzene rings is 1. The molecule has 0 spiro atoms. The van der Waals surface area contributed by atoms with E-state index in [-0.39, 0.29) is 17.6 Å². The molecule has 0 fully saturated rings. The van der Waals surface area contributed by atoms with Gasteiger partial charge in [-0.3, -0.25) is 0 Å². The zero-order valence-corrected chi connectivity index (χ0v) is 15.3. The molecule has 0 N–H and O–H groups in total. The van der Waals surface area contributed by atoms with Crippen LogP contribution in [-0.4, -0.2) is 26.4 Å². The average molecular weight is 338 g/mol. The molecule has 0 radical (unpaired) electrons. The van der Waals surface area contributed by atoms with Crippen molar-refractivity contribution < 1.29 is 17.9 Å². The molecule has 2 unspecified atom stereocenters. The van der Waals surface area contributed by atoms with E-state index in [1.165, 1.54) is 6.26 Å². The van der Waals surface area contributed by atoms with Gasteiger partial charge in [0.15, 0.2) is 9.84 Å². The first kappa shape index (κ1) is 17.9. The molecular formula is C18H26O4S. The Morgan fingerprint density at radius 1 is 1.26 bits per heavy atom. The molecule has 2 rings (SSSR count). The van der Waals surface area contributed by atoms with Crippen LogP contribution in [0.15, 0.2) is 41.2 Å². The van der Waals surface area contributed by atoms with Gasteiger partial charge in [0.1, 0.15) is 17.6 Å². The van der Waals surface area contributed by atoms with Crippen molar-refractivity contribution in [2.24, 2.45) is 0 Å². The third-order valence-corrected chi connectivity index (χ3v) is 5.23. The van der Waals surface area contributed by atoms with Gasteiger partial charge in [-0.05, 0) is 44.9 Å². The van der Waals surface area contributed by atoms with Gasteiger partial charge in [0, 0.05) is 6.26 Å². The van der Waals surface area contributed by atoms with E-state index in [0.717, 1.165) is 24.2 Å². The maximum absolute atomic E-state index is 11.6. The van der Waals surface area contributed by atoms with E-state index in [0.29, 0.717) is 4.90 Å². The summed E-state index contributed by atoms with van der Waals surface area (Å²) >= 11 is 0. The molecule has 1 aliphatic heterocycles. The summed E-state index contributed by atoms with van der Waals surface area (Å²) in [6, 6.07) is 7.03. The molecule has 0 saturated heterocycles. The van der Waals surface area contributed by atoms with E-state index >= 15 is 0 Å². The monoisotopic (exact) mass is 338 g/mol. The lowest BCUT2D eigenvalue weighted by molar-refractivity contribution is 0.0328. The molecule has 1 aromatic carbocycles. The van der Waals surface area contributed by atoms with Gasteiger partial charge in [0.2, 0.25) is 0 Å². The molecule has 2 atom stereocenters. The van der Waals surface area contributed by atoms with E-state index in [2.05, 4.69) is 13.8 Å². The number of hydrogen-bond donors (Lipinski definition) is 0. The van der Waals surface area contributed by atoms with E-state index in [9.17, 15) is 8.42 Å². The summed E-state index contributed by atoms with van der Waals surface area (Å²) in [6.07, 6.45) is 4.89. The SMILES string of the molecule is CCCC1(C)OC=C(OC(C)C)C1c1ccc(S(C)(=O)=O)cc1. The molecular weight excluding hydrogens is 312 g/mol. The van der Waals surface area contributed by atoms with Gasteiger partial charge in [-0.2, -0.15) is 0 Å². The van der Waals surface area contributed by atoms with Crippen LogP contribution in [0.5, 0.6) is 0 Å². The van der Waals surface area contributed by atoms with Crippen LogP contribution in [0.1, 0.15) is 52.0 Å². The predicted octanol–water partition coefficient (Wildman–Crippen LogP) is 4.03. The highest BCUT2D eigenvalue weighted by atomic mass is 32.2. The first-order valence-electron chi connectivity index (χ1n) is 8.02. The van der Waals surface area contributed by atoms with Crippen LogP contribution in [0.25, 0.3) is 0 Å². The van der Waals surface area contributed by atoms with Gasteiger partial charge < -0.3 is 9.47 Å². The molecule has 1 aliphatic rings. The molecule has 5 heteroatoms. The van der Waals surface area contributed by atoms with Crippen LogP contribution < -0.4 is 0 Å². The summed E-state index contributed by atoms with van der Waals surface area (Å²) in [7, 11) is -3.19. The van der Waals surface area contributed by atoms with Crippen molar-refractivity contribution in [3.63, 3.8) is 0 Å². The van der Waals surface area contributed by atoms with E-state index < -0.39 is 9.84 Å². The Morgan fingerprint density at radius 2 is 1.87 bits per heavy atom. The third-order valence-electron chi connectivity index (χ3n) is 4.10. The smallest absolute Gasteiger partial charge is 0.175 e. The first-order valence-corrected chi connectivity index (χ1v) is 9.91. The second-order valence-electron chi connectivity index (χ2n) is 6.64. The Morgan fingerprint density at radius 3 is 2.35 bits per heavy atom. The molecule has 128 valence electrons. The van der Waals surface area contributed by atoms with Crippen molar-refractivity contribution in [1.82, 2.24) is 0 Å².